The molecule has 3 saturated heterocycles. The van der Waals surface area contributed by atoms with Crippen LogP contribution >= 0.6 is 61.1 Å². The van der Waals surface area contributed by atoms with Crippen molar-refractivity contribution in [3.8, 4) is 12.1 Å². The Morgan fingerprint density at radius 2 is 1.27 bits per heavy atom. The van der Waals surface area contributed by atoms with Gasteiger partial charge in [0.15, 0.2) is 0 Å². The van der Waals surface area contributed by atoms with Gasteiger partial charge in [0, 0.05) is 57.8 Å². The van der Waals surface area contributed by atoms with Gasteiger partial charge in [-0.15, -0.1) is 0 Å². The molecule has 0 spiro atoms. The van der Waals surface area contributed by atoms with E-state index in [0.29, 0.717) is 18.8 Å². The molecule has 0 radical (unpaired) electrons. The van der Waals surface area contributed by atoms with E-state index in [4.69, 9.17) is 5.26 Å². The minimum atomic E-state index is -4.76. The second kappa shape index (κ2) is 22.6. The zero-order valence-electron chi connectivity index (χ0n) is 37.2. The molecule has 3 fully saturated rings. The fourth-order valence-corrected chi connectivity index (χ4v) is 9.80. The van der Waals surface area contributed by atoms with Crippen LogP contribution in [0, 0.1) is 47.4 Å². The third-order valence-corrected chi connectivity index (χ3v) is 14.3. The number of carbonyl (C=O) groups excluding carboxylic acids is 2. The van der Waals surface area contributed by atoms with Crippen LogP contribution in [-0.4, -0.2) is 89.2 Å². The molecule has 1 N–H and O–H groups in total. The van der Waals surface area contributed by atoms with E-state index < -0.39 is 51.8 Å². The van der Waals surface area contributed by atoms with Gasteiger partial charge in [0.05, 0.1) is 34.1 Å². The van der Waals surface area contributed by atoms with Gasteiger partial charge >= 0.3 is 12.4 Å². The molecular weight excluding hydrogens is 1230 g/mol. The van der Waals surface area contributed by atoms with Crippen LogP contribution in [0.5, 0.6) is 0 Å². The molecular formula is C48H41BrF8I2N10O2. The lowest BCUT2D eigenvalue weighted by Gasteiger charge is -2.51. The van der Waals surface area contributed by atoms with Crippen molar-refractivity contribution < 1.29 is 44.7 Å². The monoisotopic (exact) mass is 1270 g/mol. The van der Waals surface area contributed by atoms with Gasteiger partial charge in [0.1, 0.15) is 29.5 Å². The molecule has 0 aliphatic carbocycles. The molecule has 5 heterocycles. The number of anilines is 4. The number of fused-ring (bicyclic) bond motifs is 1. The number of nitrogens with zero attached hydrogens (tertiary/aromatic N) is 9. The highest BCUT2D eigenvalue weighted by atomic mass is 127. The minimum absolute atomic E-state index is 0.0510. The average Bonchev–Trinajstić information content (AvgIpc) is 4.15. The predicted octanol–water partition coefficient (Wildman–Crippen LogP) is 11.3. The Bertz CT molecular complexity index is 2810. The van der Waals surface area contributed by atoms with Gasteiger partial charge in [0.2, 0.25) is 10.3 Å². The number of hydrogen-bond donors (Lipinski definition) is 1. The summed E-state index contributed by atoms with van der Waals surface area (Å²) < 4.78 is 107. The van der Waals surface area contributed by atoms with Crippen LogP contribution in [0.25, 0.3) is 0 Å². The van der Waals surface area contributed by atoms with E-state index in [1.165, 1.54) is 27.4 Å². The summed E-state index contributed by atoms with van der Waals surface area (Å²) in [5.41, 5.74) is 1.29. The number of piperidine rings is 1. The highest BCUT2D eigenvalue weighted by Gasteiger charge is 2.68. The predicted molar refractivity (Wildman–Crippen MR) is 272 cm³/mol. The van der Waals surface area contributed by atoms with Crippen LogP contribution in [0.1, 0.15) is 49.7 Å². The van der Waals surface area contributed by atoms with Crippen molar-refractivity contribution in [3.05, 3.63) is 127 Å². The molecule has 372 valence electrons. The summed E-state index contributed by atoms with van der Waals surface area (Å²) in [6, 6.07) is 25.3. The summed E-state index contributed by atoms with van der Waals surface area (Å²) in [7, 11) is 0. The molecule has 71 heavy (non-hydrogen) atoms. The largest absolute Gasteiger partial charge is 0.441 e. The van der Waals surface area contributed by atoms with Crippen molar-refractivity contribution in [2.75, 3.05) is 59.5 Å². The van der Waals surface area contributed by atoms with E-state index in [9.17, 15) is 50.0 Å². The number of halogens is 11. The van der Waals surface area contributed by atoms with Crippen molar-refractivity contribution in [3.63, 3.8) is 0 Å². The number of likely N-dealkylation sites (tertiary alicyclic amines) is 2. The van der Waals surface area contributed by atoms with Crippen LogP contribution in [0.4, 0.5) is 57.9 Å². The molecule has 0 bridgehead atoms. The van der Waals surface area contributed by atoms with Crippen molar-refractivity contribution in [1.29, 1.82) is 10.5 Å². The van der Waals surface area contributed by atoms with Crippen molar-refractivity contribution >= 4 is 106 Å². The first kappa shape index (κ1) is 53.4. The molecule has 12 nitrogen and oxygen atoms in total. The summed E-state index contributed by atoms with van der Waals surface area (Å²) >= 11 is 6.66. The molecule has 2 atom stereocenters. The molecule has 23 heteroatoms. The number of nitriles is 2. The lowest BCUT2D eigenvalue weighted by Crippen LogP contribution is -2.72. The Hall–Kier alpha value is -5.38. The Morgan fingerprint density at radius 1 is 0.732 bits per heavy atom. The number of alkyl halides is 6. The molecule has 5 aliphatic rings. The van der Waals surface area contributed by atoms with Crippen molar-refractivity contribution in [2.45, 2.75) is 56.5 Å². The van der Waals surface area contributed by atoms with Gasteiger partial charge < -0.3 is 14.7 Å². The maximum atomic E-state index is 14.3. The quantitative estimate of drug-likeness (QED) is 0.0837. The lowest BCUT2D eigenvalue weighted by atomic mass is 9.79. The van der Waals surface area contributed by atoms with Crippen LogP contribution in [0.15, 0.2) is 107 Å². The van der Waals surface area contributed by atoms with Crippen LogP contribution in [0.2, 0.25) is 0 Å². The Labute approximate surface area is 439 Å². The van der Waals surface area contributed by atoms with Gasteiger partial charge in [-0.25, -0.2) is 13.8 Å². The standard InChI is InChI=1S/C24H20F4IN5O.C15H17IN2O.C9H4BrF4N3/c25-20-8-7-18(13-15(20)14-30)34-23(32-10-1-2-11-32)19(21(31-34)24(26,27)28)9-12-33(22(23)35)17-5-3-16(29)4-6-17;16-12-5-7-13(8-6-12)18-11-3-4-14(15(18)19)17-9-1-2-10-17;10-8(9(12,13)14)17-16-6-1-2-7(11)5(3-6)4-15/h3-8,13,19H,1-2,9-12H2;4-8H,1-3,9-11H2;1-3,16H/b;;17-8-/t19-,23+;;/m0../s1. The molecule has 0 unspecified atom stereocenters. The van der Waals surface area contributed by atoms with E-state index in [1.807, 2.05) is 29.2 Å². The van der Waals surface area contributed by atoms with E-state index in [1.54, 1.807) is 29.2 Å². The number of hydrazone groups is 2. The molecule has 9 rings (SSSR count). The number of hydrogen-bond acceptors (Lipinski definition) is 10. The van der Waals surface area contributed by atoms with Gasteiger partial charge in [-0.3, -0.25) is 19.9 Å². The Morgan fingerprint density at radius 3 is 1.83 bits per heavy atom. The fourth-order valence-electron chi connectivity index (χ4n) is 8.99. The molecule has 0 saturated carbocycles. The number of carbonyl (C=O) groups is 2. The first-order valence-corrected chi connectivity index (χ1v) is 25.0. The maximum Gasteiger partial charge on any atom is 0.441 e. The lowest BCUT2D eigenvalue weighted by molar-refractivity contribution is -0.134. The van der Waals surface area contributed by atoms with E-state index in [0.717, 1.165) is 89.2 Å². The topological polar surface area (TPSA) is 135 Å². The van der Waals surface area contributed by atoms with Crippen LogP contribution in [0.3, 0.4) is 0 Å². The normalized spacial score (nSPS) is 20.5. The molecule has 5 aliphatic heterocycles. The number of amides is 2. The number of rotatable bonds is 7. The first-order chi connectivity index (χ1) is 33.8. The highest BCUT2D eigenvalue weighted by Crippen LogP contribution is 2.50. The summed E-state index contributed by atoms with van der Waals surface area (Å²) in [5, 5.41) is 25.9. The summed E-state index contributed by atoms with van der Waals surface area (Å²) in [4.78, 5) is 34.4. The summed E-state index contributed by atoms with van der Waals surface area (Å²) in [6.07, 6.45) is -2.39. The van der Waals surface area contributed by atoms with E-state index in [2.05, 4.69) is 99.8 Å². The fraction of sp³-hybridized carbons (Fsp3) is 0.333. The van der Waals surface area contributed by atoms with Crippen LogP contribution < -0.4 is 20.2 Å². The minimum Gasteiger partial charge on any atom is -0.367 e. The van der Waals surface area contributed by atoms with Crippen LogP contribution in [-0.2, 0) is 9.59 Å². The first-order valence-electron chi connectivity index (χ1n) is 22.0. The summed E-state index contributed by atoms with van der Waals surface area (Å²) in [5.74, 6) is -3.13. The van der Waals surface area contributed by atoms with Crippen molar-refractivity contribution in [1.82, 2.24) is 9.80 Å². The smallest absolute Gasteiger partial charge is 0.367 e. The SMILES string of the molecule is N#Cc1cc(N/N=C(\Br)C(F)(F)F)ccc1F.N#Cc1cc(N2N=C(C(F)(F)F)[C@@H]3CCN(c4ccc(I)cc4)C(=O)[C@@]32N2CCCC2)ccc1F.O=C1C(N2CCCC2)=CCCN1c1ccc(I)cc1. The van der Waals surface area contributed by atoms with Crippen molar-refractivity contribution in [2.24, 2.45) is 16.1 Å². The summed E-state index contributed by atoms with van der Waals surface area (Å²) in [6.45, 7) is 3.79. The average molecular weight is 1280 g/mol. The zero-order valence-corrected chi connectivity index (χ0v) is 43.1. The van der Waals surface area contributed by atoms with Gasteiger partial charge in [0.25, 0.3) is 11.8 Å². The molecule has 4 aromatic rings. The molecule has 4 aromatic carbocycles. The number of nitrogens with one attached hydrogen (secondary N) is 1. The molecule has 0 aromatic heterocycles. The highest BCUT2D eigenvalue weighted by molar-refractivity contribution is 14.1. The van der Waals surface area contributed by atoms with Gasteiger partial charge in [-0.2, -0.15) is 47.1 Å². The van der Waals surface area contributed by atoms with E-state index in [-0.39, 0.29) is 41.4 Å². The van der Waals surface area contributed by atoms with E-state index >= 15 is 0 Å². The zero-order chi connectivity index (χ0) is 51.3. The second-order valence-corrected chi connectivity index (χ2v) is 19.8. The van der Waals surface area contributed by atoms with Gasteiger partial charge in [-0.1, -0.05) is 6.08 Å². The molecule has 2 amide bonds. The third-order valence-electron chi connectivity index (χ3n) is 12.2. The Kier molecular flexibility index (Phi) is 17.0. The Balaban J connectivity index is 0.000000173. The third kappa shape index (κ3) is 11.8. The second-order valence-electron chi connectivity index (χ2n) is 16.6. The van der Waals surface area contributed by atoms with Gasteiger partial charge in [-0.05, 0) is 185 Å². The number of benzene rings is 4. The maximum absolute atomic E-state index is 14.3.